The zero-order chi connectivity index (χ0) is 14.7. The van der Waals surface area contributed by atoms with E-state index >= 15 is 0 Å². The highest BCUT2D eigenvalue weighted by atomic mass is 14.2. The van der Waals surface area contributed by atoms with Gasteiger partial charge in [-0.05, 0) is 56.8 Å². The van der Waals surface area contributed by atoms with E-state index in [4.69, 9.17) is 0 Å². The van der Waals surface area contributed by atoms with E-state index in [1.807, 2.05) is 0 Å². The highest BCUT2D eigenvalue weighted by molar-refractivity contribution is 4.97. The fraction of sp³-hybridized carbons (Fsp3) is 0.789. The van der Waals surface area contributed by atoms with Crippen LogP contribution in [0.2, 0.25) is 0 Å². The maximum Gasteiger partial charge on any atom is -0.0262 e. The largest absolute Gasteiger partial charge is 0.103 e. The number of rotatable bonds is 11. The zero-order valence-corrected chi connectivity index (χ0v) is 14.0. The molecule has 0 aliphatic carbocycles. The molecule has 0 radical (unpaired) electrons. The van der Waals surface area contributed by atoms with Gasteiger partial charge in [-0.25, -0.2) is 0 Å². The molecule has 0 heterocycles. The second kappa shape index (κ2) is 11.3. The molecule has 0 bridgehead atoms. The van der Waals surface area contributed by atoms with Crippen LogP contribution in [0.15, 0.2) is 24.3 Å². The van der Waals surface area contributed by atoms with Gasteiger partial charge in [0.25, 0.3) is 0 Å². The standard InChI is InChI=1S/C19H36/c1-7-11-17(5)12-10-13-18(6)15-19(9-3)14-16(4)8-2/h8,12,16,18-19H,2,7,9-11,13-15H2,1,3-6H3/b17-12+/t16-,18?,19+/m1/s1. The van der Waals surface area contributed by atoms with Crippen molar-refractivity contribution >= 4 is 0 Å². The van der Waals surface area contributed by atoms with E-state index in [1.165, 1.54) is 44.9 Å². The highest BCUT2D eigenvalue weighted by Crippen LogP contribution is 2.26. The van der Waals surface area contributed by atoms with Crippen LogP contribution in [0, 0.1) is 17.8 Å². The molecule has 0 nitrogen and oxygen atoms in total. The van der Waals surface area contributed by atoms with Crippen molar-refractivity contribution in [2.75, 3.05) is 0 Å². The van der Waals surface area contributed by atoms with Gasteiger partial charge >= 0.3 is 0 Å². The molecule has 0 rings (SSSR count). The van der Waals surface area contributed by atoms with Crippen LogP contribution in [0.5, 0.6) is 0 Å². The summed E-state index contributed by atoms with van der Waals surface area (Å²) < 4.78 is 0. The van der Waals surface area contributed by atoms with Gasteiger partial charge < -0.3 is 0 Å². The smallest absolute Gasteiger partial charge is 0.0262 e. The summed E-state index contributed by atoms with van der Waals surface area (Å²) in [6.45, 7) is 15.5. The zero-order valence-electron chi connectivity index (χ0n) is 14.0. The minimum absolute atomic E-state index is 0.670. The number of allylic oxidation sites excluding steroid dienone is 3. The summed E-state index contributed by atoms with van der Waals surface area (Å²) in [5.41, 5.74) is 1.57. The lowest BCUT2D eigenvalue weighted by molar-refractivity contribution is 0.326. The van der Waals surface area contributed by atoms with Crippen molar-refractivity contribution in [3.63, 3.8) is 0 Å². The summed E-state index contributed by atoms with van der Waals surface area (Å²) in [7, 11) is 0. The number of hydrogen-bond donors (Lipinski definition) is 0. The van der Waals surface area contributed by atoms with Gasteiger partial charge in [0.05, 0.1) is 0 Å². The fourth-order valence-electron chi connectivity index (χ4n) is 2.85. The molecule has 0 saturated heterocycles. The second-order valence-electron chi connectivity index (χ2n) is 6.44. The summed E-state index contributed by atoms with van der Waals surface area (Å²) in [6.07, 6.45) is 13.7. The van der Waals surface area contributed by atoms with Crippen molar-refractivity contribution in [3.8, 4) is 0 Å². The molecule has 0 aromatic rings. The lowest BCUT2D eigenvalue weighted by Gasteiger charge is -2.21. The van der Waals surface area contributed by atoms with Crippen LogP contribution in [0.1, 0.15) is 79.6 Å². The van der Waals surface area contributed by atoms with E-state index in [1.54, 1.807) is 5.57 Å². The number of hydrogen-bond acceptors (Lipinski definition) is 0. The molecule has 0 fully saturated rings. The van der Waals surface area contributed by atoms with Gasteiger partial charge in [0, 0.05) is 0 Å². The normalized spacial score (nSPS) is 17.0. The Balaban J connectivity index is 3.96. The van der Waals surface area contributed by atoms with Crippen molar-refractivity contribution < 1.29 is 0 Å². The molecular weight excluding hydrogens is 228 g/mol. The van der Waals surface area contributed by atoms with Crippen molar-refractivity contribution in [1.29, 1.82) is 0 Å². The van der Waals surface area contributed by atoms with Gasteiger partial charge in [-0.15, -0.1) is 6.58 Å². The Morgan fingerprint density at radius 1 is 1.16 bits per heavy atom. The second-order valence-corrected chi connectivity index (χ2v) is 6.44. The van der Waals surface area contributed by atoms with Crippen molar-refractivity contribution in [1.82, 2.24) is 0 Å². The Hall–Kier alpha value is -0.520. The van der Waals surface area contributed by atoms with E-state index in [0.29, 0.717) is 5.92 Å². The van der Waals surface area contributed by atoms with E-state index in [-0.39, 0.29) is 0 Å². The SMILES string of the molecule is C=C[C@@H](C)C[C@H](CC)CC(C)CC/C=C(\C)CCC. The van der Waals surface area contributed by atoms with Crippen LogP contribution in [0.4, 0.5) is 0 Å². The van der Waals surface area contributed by atoms with Crippen LogP contribution in [-0.2, 0) is 0 Å². The molecule has 112 valence electrons. The summed E-state index contributed by atoms with van der Waals surface area (Å²) in [5.74, 6) is 2.40. The van der Waals surface area contributed by atoms with E-state index in [2.05, 4.69) is 53.3 Å². The fourth-order valence-corrected chi connectivity index (χ4v) is 2.85. The maximum absolute atomic E-state index is 3.91. The molecule has 0 heteroatoms. The first-order valence-corrected chi connectivity index (χ1v) is 8.31. The molecule has 3 atom stereocenters. The van der Waals surface area contributed by atoms with Gasteiger partial charge in [-0.3, -0.25) is 0 Å². The predicted octanol–water partition coefficient (Wildman–Crippen LogP) is 6.78. The van der Waals surface area contributed by atoms with E-state index < -0.39 is 0 Å². The molecule has 1 unspecified atom stereocenters. The van der Waals surface area contributed by atoms with E-state index in [0.717, 1.165) is 11.8 Å². The van der Waals surface area contributed by atoms with Gasteiger partial charge in [0.15, 0.2) is 0 Å². The van der Waals surface area contributed by atoms with Crippen molar-refractivity contribution in [2.45, 2.75) is 79.6 Å². The molecule has 0 saturated carbocycles. The molecule has 19 heavy (non-hydrogen) atoms. The van der Waals surface area contributed by atoms with Gasteiger partial charge in [-0.2, -0.15) is 0 Å². The Morgan fingerprint density at radius 2 is 1.84 bits per heavy atom. The summed E-state index contributed by atoms with van der Waals surface area (Å²) in [5, 5.41) is 0. The minimum atomic E-state index is 0.670. The van der Waals surface area contributed by atoms with Gasteiger partial charge in [0.2, 0.25) is 0 Å². The molecule has 0 aromatic heterocycles. The molecule has 0 spiro atoms. The molecule has 0 N–H and O–H groups in total. The lowest BCUT2D eigenvalue weighted by Crippen LogP contribution is -2.09. The lowest BCUT2D eigenvalue weighted by atomic mass is 9.85. The maximum atomic E-state index is 3.91. The predicted molar refractivity (Wildman–Crippen MR) is 89.4 cm³/mol. The summed E-state index contributed by atoms with van der Waals surface area (Å²) in [4.78, 5) is 0. The van der Waals surface area contributed by atoms with Crippen LogP contribution in [0.3, 0.4) is 0 Å². The first-order valence-electron chi connectivity index (χ1n) is 8.31. The quantitative estimate of drug-likeness (QED) is 0.361. The first kappa shape index (κ1) is 18.5. The molecule has 0 amide bonds. The molecular formula is C19H36. The summed E-state index contributed by atoms with van der Waals surface area (Å²) >= 11 is 0. The summed E-state index contributed by atoms with van der Waals surface area (Å²) in [6, 6.07) is 0. The third kappa shape index (κ3) is 9.99. The average Bonchev–Trinajstić information content (AvgIpc) is 2.37. The Morgan fingerprint density at radius 3 is 2.37 bits per heavy atom. The van der Waals surface area contributed by atoms with Crippen LogP contribution >= 0.6 is 0 Å². The van der Waals surface area contributed by atoms with Crippen LogP contribution in [-0.4, -0.2) is 0 Å². The molecule has 0 aliphatic heterocycles. The topological polar surface area (TPSA) is 0 Å². The Labute approximate surface area is 122 Å². The van der Waals surface area contributed by atoms with Crippen molar-refractivity contribution in [3.05, 3.63) is 24.3 Å². The average molecular weight is 264 g/mol. The molecule has 0 aromatic carbocycles. The minimum Gasteiger partial charge on any atom is -0.103 e. The third-order valence-corrected chi connectivity index (χ3v) is 4.22. The van der Waals surface area contributed by atoms with Crippen LogP contribution in [0.25, 0.3) is 0 Å². The highest BCUT2D eigenvalue weighted by Gasteiger charge is 2.13. The van der Waals surface area contributed by atoms with Gasteiger partial charge in [0.1, 0.15) is 0 Å². The molecule has 0 aliphatic rings. The Bertz CT molecular complexity index is 249. The van der Waals surface area contributed by atoms with E-state index in [9.17, 15) is 0 Å². The Kier molecular flexibility index (Phi) is 11.0. The van der Waals surface area contributed by atoms with Gasteiger partial charge in [-0.1, -0.05) is 58.3 Å². The first-order chi connectivity index (χ1) is 9.03. The monoisotopic (exact) mass is 264 g/mol. The third-order valence-electron chi connectivity index (χ3n) is 4.22. The van der Waals surface area contributed by atoms with Crippen molar-refractivity contribution in [2.24, 2.45) is 17.8 Å². The van der Waals surface area contributed by atoms with Crippen LogP contribution < -0.4 is 0 Å².